The number of aliphatic hydroxyl groups is 1. The van der Waals surface area contributed by atoms with Gasteiger partial charge < -0.3 is 20.6 Å². The predicted molar refractivity (Wildman–Crippen MR) is 149 cm³/mol. The molecule has 1 saturated carbocycles. The zero-order valence-electron chi connectivity index (χ0n) is 22.1. The summed E-state index contributed by atoms with van der Waals surface area (Å²) in [6.07, 6.45) is 6.85. The molecule has 8 heteroatoms. The molecule has 2 aliphatic rings. The maximum Gasteiger partial charge on any atom is 0.297 e. The van der Waals surface area contributed by atoms with Gasteiger partial charge in [0, 0.05) is 37.1 Å². The van der Waals surface area contributed by atoms with E-state index in [1.54, 1.807) is 23.0 Å². The van der Waals surface area contributed by atoms with E-state index in [1.807, 2.05) is 37.3 Å². The molecule has 0 unspecified atom stereocenters. The van der Waals surface area contributed by atoms with Gasteiger partial charge in [-0.1, -0.05) is 43.3 Å². The van der Waals surface area contributed by atoms with E-state index in [0.29, 0.717) is 17.8 Å². The van der Waals surface area contributed by atoms with Gasteiger partial charge in [-0.2, -0.15) is 0 Å². The first kappa shape index (κ1) is 26.1. The minimum absolute atomic E-state index is 0.104. The maximum absolute atomic E-state index is 13.7. The van der Waals surface area contributed by atoms with Gasteiger partial charge >= 0.3 is 0 Å². The minimum atomic E-state index is -0.285. The summed E-state index contributed by atoms with van der Waals surface area (Å²) in [5.74, 6) is 0.306. The maximum atomic E-state index is 13.7. The molecule has 200 valence electrons. The van der Waals surface area contributed by atoms with Crippen molar-refractivity contribution in [1.29, 1.82) is 0 Å². The third-order valence-corrected chi connectivity index (χ3v) is 7.61. The summed E-state index contributed by atoms with van der Waals surface area (Å²) in [5.41, 5.74) is 2.80. The highest BCUT2D eigenvalue weighted by atomic mass is 16.3. The van der Waals surface area contributed by atoms with Gasteiger partial charge in [-0.25, -0.2) is 4.98 Å². The lowest BCUT2D eigenvalue weighted by Gasteiger charge is -2.35. The number of β-amino-alcohol motifs (C(OH)–C–C–N with tert-alkyl or cyclic N) is 1. The fourth-order valence-electron chi connectivity index (χ4n) is 5.39. The second-order valence-electron chi connectivity index (χ2n) is 10.7. The lowest BCUT2D eigenvalue weighted by atomic mass is 9.93. The quantitative estimate of drug-likeness (QED) is 0.402. The molecule has 3 aromatic rings. The fraction of sp³-hybridized carbons (Fsp3) is 0.433. The van der Waals surface area contributed by atoms with Crippen LogP contribution in [0.1, 0.15) is 60.1 Å². The van der Waals surface area contributed by atoms with Gasteiger partial charge in [0.25, 0.3) is 11.5 Å². The van der Waals surface area contributed by atoms with Crippen molar-refractivity contribution in [3.05, 3.63) is 88.0 Å². The van der Waals surface area contributed by atoms with Gasteiger partial charge in [0.15, 0.2) is 5.82 Å². The van der Waals surface area contributed by atoms with E-state index in [-0.39, 0.29) is 41.4 Å². The highest BCUT2D eigenvalue weighted by Gasteiger charge is 2.27. The normalized spacial score (nSPS) is 19.5. The monoisotopic (exact) mass is 515 g/mol. The zero-order chi connectivity index (χ0) is 26.6. The highest BCUT2D eigenvalue weighted by molar-refractivity contribution is 5.96. The van der Waals surface area contributed by atoms with Crippen LogP contribution in [0.5, 0.6) is 0 Å². The van der Waals surface area contributed by atoms with E-state index < -0.39 is 0 Å². The smallest absolute Gasteiger partial charge is 0.297 e. The molecule has 0 radical (unpaired) electrons. The number of hydrogen-bond acceptors (Lipinski definition) is 6. The Morgan fingerprint density at radius 2 is 1.92 bits per heavy atom. The SMILES string of the molecule is Cc1c(C(=O)NC2CC2)cccc1-n1ccnc(N[C@@H](c2ccccc2)[C@@H](C)CN2CCC[C@@H](O)C2)c1=O. The molecule has 5 rings (SSSR count). The molecule has 3 N–H and O–H groups in total. The number of nitrogens with one attached hydrogen (secondary N) is 2. The van der Waals surface area contributed by atoms with Gasteiger partial charge in [-0.05, 0) is 68.3 Å². The summed E-state index contributed by atoms with van der Waals surface area (Å²) in [7, 11) is 0. The molecule has 1 amide bonds. The Hall–Kier alpha value is -3.49. The van der Waals surface area contributed by atoms with E-state index in [1.165, 1.54) is 0 Å². The number of piperidine rings is 1. The van der Waals surface area contributed by atoms with Gasteiger partial charge in [0.2, 0.25) is 0 Å². The summed E-state index contributed by atoms with van der Waals surface area (Å²) in [4.78, 5) is 33.2. The Kier molecular flexibility index (Phi) is 7.90. The number of aliphatic hydroxyl groups excluding tert-OH is 1. The van der Waals surface area contributed by atoms with E-state index in [4.69, 9.17) is 0 Å². The summed E-state index contributed by atoms with van der Waals surface area (Å²) in [6, 6.07) is 15.7. The van der Waals surface area contributed by atoms with Crippen LogP contribution in [0.3, 0.4) is 0 Å². The van der Waals surface area contributed by atoms with Crippen molar-refractivity contribution in [3.63, 3.8) is 0 Å². The average molecular weight is 516 g/mol. The van der Waals surface area contributed by atoms with E-state index >= 15 is 0 Å². The number of benzene rings is 2. The van der Waals surface area contributed by atoms with E-state index in [2.05, 4.69) is 39.6 Å². The van der Waals surface area contributed by atoms with Crippen molar-refractivity contribution < 1.29 is 9.90 Å². The molecule has 2 heterocycles. The fourth-order valence-corrected chi connectivity index (χ4v) is 5.39. The summed E-state index contributed by atoms with van der Waals surface area (Å²) < 4.78 is 1.56. The zero-order valence-corrected chi connectivity index (χ0v) is 22.1. The topological polar surface area (TPSA) is 99.5 Å². The highest BCUT2D eigenvalue weighted by Crippen LogP contribution is 2.27. The molecule has 0 bridgehead atoms. The van der Waals surface area contributed by atoms with Crippen molar-refractivity contribution >= 4 is 11.7 Å². The molecule has 1 aliphatic carbocycles. The first-order valence-electron chi connectivity index (χ1n) is 13.6. The lowest BCUT2D eigenvalue weighted by molar-refractivity contribution is 0.0618. The van der Waals surface area contributed by atoms with Gasteiger partial charge in [0.1, 0.15) is 0 Å². The van der Waals surface area contributed by atoms with Crippen LogP contribution in [0.2, 0.25) is 0 Å². The first-order chi connectivity index (χ1) is 18.4. The standard InChI is InChI=1S/C30H37N5O3/c1-20(18-34-16-7-10-24(36)19-34)27(22-8-4-3-5-9-22)33-28-30(38)35(17-15-31-28)26-12-6-11-25(21(26)2)29(37)32-23-13-14-23/h3-6,8-9,11-12,15,17,20,23-24,27,36H,7,10,13-14,16,18-19H2,1-2H3,(H,31,33)(H,32,37)/t20-,24+,27+/m0/s1. The summed E-state index contributed by atoms with van der Waals surface area (Å²) in [6.45, 7) is 6.47. The number of rotatable bonds is 9. The number of anilines is 1. The first-order valence-corrected chi connectivity index (χ1v) is 13.6. The van der Waals surface area contributed by atoms with Crippen LogP contribution >= 0.6 is 0 Å². The van der Waals surface area contributed by atoms with Crippen LogP contribution in [0.25, 0.3) is 5.69 Å². The van der Waals surface area contributed by atoms with Crippen LogP contribution in [-0.2, 0) is 0 Å². The van der Waals surface area contributed by atoms with Crippen LogP contribution in [-0.4, -0.2) is 57.2 Å². The van der Waals surface area contributed by atoms with Crippen molar-refractivity contribution in [2.24, 2.45) is 5.92 Å². The molecule has 8 nitrogen and oxygen atoms in total. The minimum Gasteiger partial charge on any atom is -0.392 e. The van der Waals surface area contributed by atoms with Gasteiger partial charge in [-0.3, -0.25) is 14.2 Å². The third-order valence-electron chi connectivity index (χ3n) is 7.61. The average Bonchev–Trinajstić information content (AvgIpc) is 3.73. The number of carbonyl (C=O) groups is 1. The van der Waals surface area contributed by atoms with Crippen molar-refractivity contribution in [2.75, 3.05) is 25.0 Å². The number of hydrogen-bond donors (Lipinski definition) is 3. The van der Waals surface area contributed by atoms with Gasteiger partial charge in [0.05, 0.1) is 17.8 Å². The molecule has 1 aromatic heterocycles. The number of carbonyl (C=O) groups excluding carboxylic acids is 1. The molecule has 1 aliphatic heterocycles. The van der Waals surface area contributed by atoms with Gasteiger partial charge in [-0.15, -0.1) is 0 Å². The van der Waals surface area contributed by atoms with Crippen molar-refractivity contribution in [2.45, 2.75) is 57.7 Å². The number of likely N-dealkylation sites (tertiary alicyclic amines) is 1. The number of nitrogens with zero attached hydrogens (tertiary/aromatic N) is 3. The Balaban J connectivity index is 1.43. The van der Waals surface area contributed by atoms with E-state index in [0.717, 1.165) is 49.9 Å². The second kappa shape index (κ2) is 11.5. The summed E-state index contributed by atoms with van der Waals surface area (Å²) >= 11 is 0. The Labute approximate surface area is 223 Å². The molecular formula is C30H37N5O3. The molecule has 38 heavy (non-hydrogen) atoms. The molecule has 0 spiro atoms. The number of amides is 1. The van der Waals surface area contributed by atoms with Crippen LogP contribution in [0.4, 0.5) is 5.82 Å². The lowest BCUT2D eigenvalue weighted by Crippen LogP contribution is -2.42. The second-order valence-corrected chi connectivity index (χ2v) is 10.7. The molecule has 3 atom stereocenters. The van der Waals surface area contributed by atoms with Crippen LogP contribution in [0, 0.1) is 12.8 Å². The molecule has 1 saturated heterocycles. The van der Waals surface area contributed by atoms with Crippen molar-refractivity contribution in [1.82, 2.24) is 19.8 Å². The third kappa shape index (κ3) is 5.97. The summed E-state index contributed by atoms with van der Waals surface area (Å²) in [5, 5.41) is 16.6. The van der Waals surface area contributed by atoms with Crippen molar-refractivity contribution in [3.8, 4) is 5.69 Å². The van der Waals surface area contributed by atoms with Crippen LogP contribution < -0.4 is 16.2 Å². The Bertz CT molecular complexity index is 1320. The number of aromatic nitrogens is 2. The van der Waals surface area contributed by atoms with Crippen LogP contribution in [0.15, 0.2) is 65.7 Å². The predicted octanol–water partition coefficient (Wildman–Crippen LogP) is 3.68. The Morgan fingerprint density at radius 3 is 2.66 bits per heavy atom. The van der Waals surface area contributed by atoms with E-state index in [9.17, 15) is 14.7 Å². The molecular weight excluding hydrogens is 478 g/mol. The Morgan fingerprint density at radius 1 is 1.13 bits per heavy atom. The largest absolute Gasteiger partial charge is 0.392 e. The molecule has 2 fully saturated rings. The molecule has 2 aromatic carbocycles.